The molecule has 0 spiro atoms. The first-order valence-electron chi connectivity index (χ1n) is 7.49. The summed E-state index contributed by atoms with van der Waals surface area (Å²) in [5.41, 5.74) is 6.33. The maximum Gasteiger partial charge on any atom is 0.414 e. The fraction of sp³-hybridized carbons (Fsp3) is 0.471. The van der Waals surface area contributed by atoms with Gasteiger partial charge in [0.2, 0.25) is 0 Å². The molecule has 0 aromatic heterocycles. The molecule has 0 aliphatic heterocycles. The molecule has 0 heterocycles. The van der Waals surface area contributed by atoms with Crippen molar-refractivity contribution in [3.8, 4) is 0 Å². The summed E-state index contributed by atoms with van der Waals surface area (Å²) in [5.74, 6) is -3.73. The van der Waals surface area contributed by atoms with E-state index in [4.69, 9.17) is 25.5 Å². The minimum atomic E-state index is -1.82. The van der Waals surface area contributed by atoms with Crippen molar-refractivity contribution in [1.29, 1.82) is 0 Å². The molecule has 0 amide bonds. The van der Waals surface area contributed by atoms with Crippen LogP contribution in [0, 0.1) is 11.2 Å². The van der Waals surface area contributed by atoms with Crippen LogP contribution in [0.25, 0.3) is 0 Å². The summed E-state index contributed by atoms with van der Waals surface area (Å²) in [5, 5.41) is 14.8. The van der Waals surface area contributed by atoms with Gasteiger partial charge in [0.05, 0.1) is 0 Å². The first kappa shape index (κ1) is 21.7. The third-order valence-electron chi connectivity index (χ3n) is 3.47. The van der Waals surface area contributed by atoms with Crippen molar-refractivity contribution in [1.82, 2.24) is 0 Å². The second-order valence-corrected chi connectivity index (χ2v) is 6.09. The molecule has 134 valence electrons. The fourth-order valence-corrected chi connectivity index (χ4v) is 1.87. The van der Waals surface area contributed by atoms with Crippen molar-refractivity contribution >= 4 is 17.7 Å². The van der Waals surface area contributed by atoms with Crippen LogP contribution in [0.3, 0.4) is 0 Å². The van der Waals surface area contributed by atoms with Gasteiger partial charge in [0.15, 0.2) is 0 Å². The van der Waals surface area contributed by atoms with E-state index in [0.29, 0.717) is 12.8 Å². The van der Waals surface area contributed by atoms with Gasteiger partial charge < -0.3 is 15.9 Å². The second-order valence-electron chi connectivity index (χ2n) is 6.09. The number of halogens is 1. The first-order chi connectivity index (χ1) is 11.0. The Balaban J connectivity index is 0.000000754. The topological polar surface area (TPSA) is 118 Å². The van der Waals surface area contributed by atoms with Gasteiger partial charge in [0.1, 0.15) is 11.6 Å². The van der Waals surface area contributed by atoms with E-state index in [-0.39, 0.29) is 17.6 Å². The smallest absolute Gasteiger partial charge is 0.414 e. The molecule has 0 aliphatic rings. The van der Waals surface area contributed by atoms with Crippen LogP contribution in [0.5, 0.6) is 0 Å². The van der Waals surface area contributed by atoms with E-state index >= 15 is 0 Å². The average molecular weight is 341 g/mol. The number of carbonyl (C=O) groups excluding carboxylic acids is 1. The predicted octanol–water partition coefficient (Wildman–Crippen LogP) is 2.25. The van der Waals surface area contributed by atoms with Crippen molar-refractivity contribution in [3.05, 3.63) is 35.6 Å². The molecule has 1 atom stereocenters. The van der Waals surface area contributed by atoms with Crippen molar-refractivity contribution in [3.63, 3.8) is 0 Å². The van der Waals surface area contributed by atoms with Crippen molar-refractivity contribution in [2.45, 2.75) is 46.1 Å². The fourth-order valence-electron chi connectivity index (χ4n) is 1.87. The number of ketones is 1. The summed E-state index contributed by atoms with van der Waals surface area (Å²) < 4.78 is 12.8. The number of nitrogens with two attached hydrogens (primary N) is 1. The zero-order valence-electron chi connectivity index (χ0n) is 14.1. The highest BCUT2D eigenvalue weighted by Crippen LogP contribution is 2.25. The lowest BCUT2D eigenvalue weighted by Crippen LogP contribution is -2.33. The van der Waals surface area contributed by atoms with E-state index in [2.05, 4.69) is 0 Å². The van der Waals surface area contributed by atoms with Crippen LogP contribution in [0.1, 0.15) is 39.2 Å². The summed E-state index contributed by atoms with van der Waals surface area (Å²) in [6.45, 7) is 5.81. The quantitative estimate of drug-likeness (QED) is 0.683. The molecule has 0 saturated carbocycles. The molecule has 0 saturated heterocycles. The van der Waals surface area contributed by atoms with E-state index in [1.54, 1.807) is 12.1 Å². The Morgan fingerprint density at radius 2 is 1.58 bits per heavy atom. The zero-order chi connectivity index (χ0) is 18.9. The van der Waals surface area contributed by atoms with Crippen molar-refractivity contribution in [2.24, 2.45) is 11.1 Å². The van der Waals surface area contributed by atoms with Crippen molar-refractivity contribution < 1.29 is 29.0 Å². The largest absolute Gasteiger partial charge is 0.473 e. The summed E-state index contributed by atoms with van der Waals surface area (Å²) in [7, 11) is 0. The molecule has 1 aromatic rings. The number of carboxylic acid groups (broad SMARTS) is 2. The number of Topliss-reactive ketones (excluding diaryl/α,β-unsaturated/α-hetero) is 1. The Bertz CT molecular complexity index is 557. The van der Waals surface area contributed by atoms with Crippen molar-refractivity contribution in [2.75, 3.05) is 0 Å². The van der Waals surface area contributed by atoms with E-state index in [9.17, 15) is 9.18 Å². The Morgan fingerprint density at radius 1 is 1.12 bits per heavy atom. The van der Waals surface area contributed by atoms with Gasteiger partial charge in [-0.15, -0.1) is 0 Å². The zero-order valence-corrected chi connectivity index (χ0v) is 14.1. The van der Waals surface area contributed by atoms with Gasteiger partial charge in [0.25, 0.3) is 0 Å². The summed E-state index contributed by atoms with van der Waals surface area (Å²) in [6.07, 6.45) is 1.83. The van der Waals surface area contributed by atoms with Crippen LogP contribution in [0.4, 0.5) is 4.39 Å². The summed E-state index contributed by atoms with van der Waals surface area (Å²) in [4.78, 5) is 30.4. The molecular weight excluding hydrogens is 317 g/mol. The highest BCUT2D eigenvalue weighted by Gasteiger charge is 2.28. The molecule has 0 fully saturated rings. The van der Waals surface area contributed by atoms with Crippen LogP contribution in [-0.4, -0.2) is 34.0 Å². The third-order valence-corrected chi connectivity index (χ3v) is 3.47. The van der Waals surface area contributed by atoms with Gasteiger partial charge in [-0.25, -0.2) is 14.0 Å². The lowest BCUT2D eigenvalue weighted by atomic mass is 9.79. The predicted molar refractivity (Wildman–Crippen MR) is 87.0 cm³/mol. The Labute approximate surface area is 140 Å². The summed E-state index contributed by atoms with van der Waals surface area (Å²) in [6, 6.07) is 6.24. The Hall–Kier alpha value is -2.28. The molecule has 6 nitrogen and oxygen atoms in total. The number of carbonyl (C=O) groups is 3. The Kier molecular flexibility index (Phi) is 8.84. The lowest BCUT2D eigenvalue weighted by molar-refractivity contribution is -0.159. The van der Waals surface area contributed by atoms with E-state index in [1.807, 2.05) is 20.8 Å². The highest BCUT2D eigenvalue weighted by atomic mass is 19.1. The lowest BCUT2D eigenvalue weighted by Gasteiger charge is -2.24. The standard InChI is InChI=1S/C15H22FNO.C2H2O4/c1-4-13(17)9-14(18)15(2,3)10-11-5-7-12(16)8-6-11;3-1(4)2(5)6/h5-8,13H,4,9-10,17H2,1-3H3;(H,3,4)(H,5,6). The van der Waals surface area contributed by atoms with E-state index in [1.165, 1.54) is 12.1 Å². The average Bonchev–Trinajstić information content (AvgIpc) is 2.49. The summed E-state index contributed by atoms with van der Waals surface area (Å²) >= 11 is 0. The normalized spacial score (nSPS) is 11.9. The number of hydrogen-bond acceptors (Lipinski definition) is 4. The van der Waals surface area contributed by atoms with Gasteiger partial charge in [-0.1, -0.05) is 32.9 Å². The molecule has 0 bridgehead atoms. The Morgan fingerprint density at radius 3 is 1.96 bits per heavy atom. The molecule has 1 unspecified atom stereocenters. The second kappa shape index (κ2) is 9.77. The molecule has 0 radical (unpaired) electrons. The number of aliphatic carboxylic acids is 2. The van der Waals surface area contributed by atoms with Crippen LogP contribution in [0.2, 0.25) is 0 Å². The molecule has 4 N–H and O–H groups in total. The van der Waals surface area contributed by atoms with E-state index in [0.717, 1.165) is 12.0 Å². The molecule has 0 aliphatic carbocycles. The van der Waals surface area contributed by atoms with Gasteiger partial charge in [-0.05, 0) is 30.5 Å². The van der Waals surface area contributed by atoms with Gasteiger partial charge in [-0.3, -0.25) is 4.79 Å². The third kappa shape index (κ3) is 8.38. The molecule has 1 rings (SSSR count). The van der Waals surface area contributed by atoms with E-state index < -0.39 is 17.4 Å². The van der Waals surface area contributed by atoms with Crippen LogP contribution in [0.15, 0.2) is 24.3 Å². The molecule has 7 heteroatoms. The monoisotopic (exact) mass is 341 g/mol. The molecular formula is C17H24FNO5. The SMILES string of the molecule is CCC(N)CC(=O)C(C)(C)Cc1ccc(F)cc1.O=C(O)C(=O)O. The highest BCUT2D eigenvalue weighted by molar-refractivity contribution is 6.27. The minimum absolute atomic E-state index is 0.0648. The molecule has 24 heavy (non-hydrogen) atoms. The first-order valence-corrected chi connectivity index (χ1v) is 7.49. The van der Waals surface area contributed by atoms with Gasteiger partial charge in [0, 0.05) is 17.9 Å². The maximum atomic E-state index is 12.8. The van der Waals surface area contributed by atoms with Crippen LogP contribution in [-0.2, 0) is 20.8 Å². The maximum absolute atomic E-state index is 12.8. The number of rotatable bonds is 6. The molecule has 1 aromatic carbocycles. The van der Waals surface area contributed by atoms with Crippen LogP contribution < -0.4 is 5.73 Å². The number of benzene rings is 1. The van der Waals surface area contributed by atoms with Gasteiger partial charge in [-0.2, -0.15) is 0 Å². The van der Waals surface area contributed by atoms with Crippen LogP contribution >= 0.6 is 0 Å². The minimum Gasteiger partial charge on any atom is -0.473 e. The number of carboxylic acids is 2. The number of hydrogen-bond donors (Lipinski definition) is 3. The van der Waals surface area contributed by atoms with Gasteiger partial charge >= 0.3 is 11.9 Å².